The Kier molecular flexibility index (Phi) is 7.51. The van der Waals surface area contributed by atoms with Crippen molar-refractivity contribution in [3.8, 4) is 17.0 Å². The lowest BCUT2D eigenvalue weighted by molar-refractivity contribution is 0.0397. The second kappa shape index (κ2) is 11.2. The number of nitrogens with zero attached hydrogens (tertiary/aromatic N) is 5. The summed E-state index contributed by atoms with van der Waals surface area (Å²) in [4.78, 5) is 27.6. The van der Waals surface area contributed by atoms with E-state index in [-0.39, 0.29) is 6.09 Å². The molecular formula is C31H39N5O4. The van der Waals surface area contributed by atoms with Gasteiger partial charge in [0, 0.05) is 55.3 Å². The van der Waals surface area contributed by atoms with Gasteiger partial charge >= 0.3 is 6.09 Å². The van der Waals surface area contributed by atoms with Gasteiger partial charge in [-0.15, -0.1) is 0 Å². The molecule has 3 aliphatic heterocycles. The lowest BCUT2D eigenvalue weighted by Gasteiger charge is -2.42. The summed E-state index contributed by atoms with van der Waals surface area (Å²) >= 11 is 0. The number of carbonyl (C=O) groups is 1. The van der Waals surface area contributed by atoms with E-state index in [1.165, 1.54) is 39.5 Å². The molecule has 1 N–H and O–H groups in total. The zero-order chi connectivity index (χ0) is 27.7. The molecule has 1 spiro atoms. The third kappa shape index (κ3) is 4.86. The van der Waals surface area contributed by atoms with Crippen molar-refractivity contribution in [2.24, 2.45) is 0 Å². The molecule has 1 amide bonds. The van der Waals surface area contributed by atoms with Gasteiger partial charge in [0.05, 0.1) is 31.1 Å². The number of aliphatic hydroxyl groups excluding tert-OH is 1. The number of pyridine rings is 2. The molecule has 2 aromatic heterocycles. The number of aliphatic hydroxyl groups is 1. The molecule has 0 bridgehead atoms. The van der Waals surface area contributed by atoms with Crippen molar-refractivity contribution >= 4 is 22.7 Å². The molecule has 1 atom stereocenters. The molecule has 9 nitrogen and oxygen atoms in total. The number of aromatic nitrogens is 2. The normalized spacial score (nSPS) is 20.6. The minimum atomic E-state index is -0.689. The van der Waals surface area contributed by atoms with E-state index in [4.69, 9.17) is 14.5 Å². The van der Waals surface area contributed by atoms with E-state index in [1.54, 1.807) is 4.90 Å². The quantitative estimate of drug-likeness (QED) is 0.456. The summed E-state index contributed by atoms with van der Waals surface area (Å²) in [5, 5.41) is 12.5. The molecule has 2 saturated heterocycles. The molecule has 6 rings (SSSR count). The summed E-state index contributed by atoms with van der Waals surface area (Å²) in [6, 6.07) is 10.3. The predicted octanol–water partition coefficient (Wildman–Crippen LogP) is 4.42. The molecule has 9 heteroatoms. The van der Waals surface area contributed by atoms with Crippen molar-refractivity contribution in [3.05, 3.63) is 48.3 Å². The Hall–Kier alpha value is -3.43. The van der Waals surface area contributed by atoms with Crippen LogP contribution in [0.25, 0.3) is 22.0 Å². The minimum absolute atomic E-state index is 0.320. The second-order valence-electron chi connectivity index (χ2n) is 11.3. The minimum Gasteiger partial charge on any atom is -0.478 e. The van der Waals surface area contributed by atoms with Gasteiger partial charge in [0.15, 0.2) is 0 Å². The Bertz CT molecular complexity index is 1350. The number of likely N-dealkylation sites (N-methyl/N-ethyl adjacent to an activating group) is 1. The van der Waals surface area contributed by atoms with E-state index in [0.717, 1.165) is 46.2 Å². The summed E-state index contributed by atoms with van der Waals surface area (Å²) in [7, 11) is 3.32. The molecule has 1 aromatic carbocycles. The van der Waals surface area contributed by atoms with Crippen molar-refractivity contribution in [3.63, 3.8) is 0 Å². The number of likely N-dealkylation sites (tertiary alicyclic amines) is 2. The van der Waals surface area contributed by atoms with Crippen LogP contribution < -0.4 is 9.64 Å². The van der Waals surface area contributed by atoms with E-state index in [0.29, 0.717) is 38.4 Å². The van der Waals surface area contributed by atoms with Crippen LogP contribution in [-0.4, -0.2) is 90.7 Å². The topological polar surface area (TPSA) is 91.3 Å². The molecule has 0 saturated carbocycles. The van der Waals surface area contributed by atoms with Crippen molar-refractivity contribution in [1.29, 1.82) is 0 Å². The van der Waals surface area contributed by atoms with Gasteiger partial charge in [-0.3, -0.25) is 4.98 Å². The van der Waals surface area contributed by atoms with Gasteiger partial charge in [-0.05, 0) is 74.5 Å². The number of piperidine rings is 2. The number of rotatable bonds is 6. The van der Waals surface area contributed by atoms with Crippen LogP contribution in [0.3, 0.4) is 0 Å². The highest BCUT2D eigenvalue weighted by molar-refractivity contribution is 5.93. The van der Waals surface area contributed by atoms with E-state index in [9.17, 15) is 9.90 Å². The first-order valence-corrected chi connectivity index (χ1v) is 14.5. The molecular weight excluding hydrogens is 506 g/mol. The Labute approximate surface area is 235 Å². The lowest BCUT2D eigenvalue weighted by Crippen LogP contribution is -2.51. The SMILES string of the molecule is COC(=O)N1CCC2(CC1)c1c(cnc3ccc(-c4ccc(OCCCN5CCCCC5)nc4)cc13)N(C)C2O. The van der Waals surface area contributed by atoms with E-state index >= 15 is 0 Å². The molecule has 1 unspecified atom stereocenters. The number of hydrogen-bond donors (Lipinski definition) is 1. The zero-order valence-electron chi connectivity index (χ0n) is 23.5. The van der Waals surface area contributed by atoms with Crippen LogP contribution in [0.5, 0.6) is 5.88 Å². The fourth-order valence-electron chi connectivity index (χ4n) is 6.79. The summed E-state index contributed by atoms with van der Waals surface area (Å²) in [6.07, 6.45) is 8.99. The van der Waals surface area contributed by atoms with Gasteiger partial charge in [-0.2, -0.15) is 0 Å². The van der Waals surface area contributed by atoms with E-state index in [1.807, 2.05) is 36.5 Å². The number of hydrogen-bond acceptors (Lipinski definition) is 8. The third-order valence-electron chi connectivity index (χ3n) is 9.06. The van der Waals surface area contributed by atoms with E-state index in [2.05, 4.69) is 28.1 Å². The summed E-state index contributed by atoms with van der Waals surface area (Å²) in [6.45, 7) is 5.23. The standard InChI is InChI=1S/C31H39N5O4/c1-34-26-21-32-25-9-7-22(23-8-10-27(33-20-23)40-18-6-15-35-13-4-3-5-14-35)19-24(25)28(26)31(29(34)37)11-16-36(17-12-31)30(38)39-2/h7-10,19-21,29,37H,3-6,11-18H2,1-2H3. The maximum Gasteiger partial charge on any atom is 0.409 e. The molecule has 5 heterocycles. The monoisotopic (exact) mass is 545 g/mol. The summed E-state index contributed by atoms with van der Waals surface area (Å²) in [5.41, 5.74) is 4.50. The molecule has 0 radical (unpaired) electrons. The predicted molar refractivity (Wildman–Crippen MR) is 155 cm³/mol. The number of amides is 1. The van der Waals surface area contributed by atoms with Crippen molar-refractivity contribution < 1.29 is 19.4 Å². The average molecular weight is 546 g/mol. The Morgan fingerprint density at radius 1 is 1.02 bits per heavy atom. The number of anilines is 1. The highest BCUT2D eigenvalue weighted by Gasteiger charge is 2.52. The number of fused-ring (bicyclic) bond motifs is 4. The second-order valence-corrected chi connectivity index (χ2v) is 11.3. The van der Waals surface area contributed by atoms with Crippen molar-refractivity contribution in [2.45, 2.75) is 50.2 Å². The van der Waals surface area contributed by atoms with Crippen LogP contribution in [0.1, 0.15) is 44.1 Å². The first kappa shape index (κ1) is 26.8. The van der Waals surface area contributed by atoms with Gasteiger partial charge in [-0.25, -0.2) is 9.78 Å². The Morgan fingerprint density at radius 3 is 2.52 bits per heavy atom. The smallest absolute Gasteiger partial charge is 0.409 e. The molecule has 212 valence electrons. The first-order chi connectivity index (χ1) is 19.5. The zero-order valence-corrected chi connectivity index (χ0v) is 23.5. The van der Waals surface area contributed by atoms with Crippen LogP contribution in [0, 0.1) is 0 Å². The van der Waals surface area contributed by atoms with Crippen LogP contribution in [-0.2, 0) is 10.2 Å². The van der Waals surface area contributed by atoms with Gasteiger partial charge in [-0.1, -0.05) is 12.5 Å². The maximum absolute atomic E-state index is 12.1. The molecule has 2 fully saturated rings. The molecule has 3 aliphatic rings. The molecule has 0 aliphatic carbocycles. The number of benzene rings is 1. The fraction of sp³-hybridized carbons (Fsp3) is 0.516. The Morgan fingerprint density at radius 2 is 1.80 bits per heavy atom. The fourth-order valence-corrected chi connectivity index (χ4v) is 6.79. The molecule has 3 aromatic rings. The largest absolute Gasteiger partial charge is 0.478 e. The van der Waals surface area contributed by atoms with Crippen LogP contribution in [0.2, 0.25) is 0 Å². The number of ether oxygens (including phenoxy) is 2. The lowest BCUT2D eigenvalue weighted by atomic mass is 9.72. The summed E-state index contributed by atoms with van der Waals surface area (Å²) < 4.78 is 10.9. The number of carbonyl (C=O) groups excluding carboxylic acids is 1. The van der Waals surface area contributed by atoms with E-state index < -0.39 is 11.6 Å². The highest BCUT2D eigenvalue weighted by Crippen LogP contribution is 2.52. The maximum atomic E-state index is 12.1. The van der Waals surface area contributed by atoms with Gasteiger partial charge in [0.1, 0.15) is 6.23 Å². The average Bonchev–Trinajstić information content (AvgIpc) is 3.21. The third-order valence-corrected chi connectivity index (χ3v) is 9.06. The van der Waals surface area contributed by atoms with Crippen molar-refractivity contribution in [2.75, 3.05) is 58.4 Å². The van der Waals surface area contributed by atoms with Gasteiger partial charge < -0.3 is 29.3 Å². The molecule has 40 heavy (non-hydrogen) atoms. The van der Waals surface area contributed by atoms with Crippen LogP contribution >= 0.6 is 0 Å². The Balaban J connectivity index is 1.22. The van der Waals surface area contributed by atoms with Crippen molar-refractivity contribution in [1.82, 2.24) is 19.8 Å². The van der Waals surface area contributed by atoms with Gasteiger partial charge in [0.2, 0.25) is 5.88 Å². The van der Waals surface area contributed by atoms with Crippen LogP contribution in [0.15, 0.2) is 42.7 Å². The summed E-state index contributed by atoms with van der Waals surface area (Å²) in [5.74, 6) is 0.645. The highest BCUT2D eigenvalue weighted by atomic mass is 16.5. The first-order valence-electron chi connectivity index (χ1n) is 14.5. The number of methoxy groups -OCH3 is 1. The van der Waals surface area contributed by atoms with Crippen LogP contribution in [0.4, 0.5) is 10.5 Å². The van der Waals surface area contributed by atoms with Gasteiger partial charge in [0.25, 0.3) is 0 Å².